The number of rotatable bonds is 4. The van der Waals surface area contributed by atoms with E-state index in [1.54, 1.807) is 37.2 Å². The number of nitrogens with zero attached hydrogens (tertiary/aromatic N) is 4. The molecule has 3 aliphatic rings. The molecule has 6 rings (SSSR count). The lowest BCUT2D eigenvalue weighted by atomic mass is 9.94. The number of ether oxygens (including phenoxy) is 1. The number of nitrogens with one attached hydrogen (secondary N) is 1. The number of hydrogen-bond acceptors (Lipinski definition) is 7. The SMILES string of the molecule is CC(C)OC(=O)C1Cc2cccc3c2N1C=CN=C3C1=C(c2cnc3c(F)cccn23)C(=O)NC1=O. The molecule has 1 atom stereocenters. The number of anilines is 1. The van der Waals surface area contributed by atoms with E-state index in [4.69, 9.17) is 4.74 Å². The second kappa shape index (κ2) is 7.98. The van der Waals surface area contributed by atoms with Gasteiger partial charge >= 0.3 is 5.97 Å². The van der Waals surface area contributed by atoms with Gasteiger partial charge in [0.2, 0.25) is 0 Å². The van der Waals surface area contributed by atoms with Gasteiger partial charge in [0.25, 0.3) is 11.8 Å². The number of benzene rings is 1. The van der Waals surface area contributed by atoms with Crippen LogP contribution in [0.15, 0.2) is 65.7 Å². The van der Waals surface area contributed by atoms with Gasteiger partial charge in [-0.05, 0) is 31.5 Å². The van der Waals surface area contributed by atoms with Crippen molar-refractivity contribution < 1.29 is 23.5 Å². The van der Waals surface area contributed by atoms with Gasteiger partial charge in [0.1, 0.15) is 6.04 Å². The fraction of sp³-hybridized carbons (Fsp3) is 0.192. The third-order valence-electron chi connectivity index (χ3n) is 6.35. The van der Waals surface area contributed by atoms with Crippen LogP contribution < -0.4 is 10.2 Å². The highest BCUT2D eigenvalue weighted by atomic mass is 19.1. The summed E-state index contributed by atoms with van der Waals surface area (Å²) in [6, 6.07) is 7.71. The van der Waals surface area contributed by atoms with Crippen molar-refractivity contribution in [3.05, 3.63) is 83.3 Å². The Hall–Kier alpha value is -4.60. The number of carbonyl (C=O) groups is 3. The van der Waals surface area contributed by atoms with Crippen LogP contribution >= 0.6 is 0 Å². The van der Waals surface area contributed by atoms with E-state index in [0.29, 0.717) is 12.0 Å². The number of esters is 1. The number of imide groups is 1. The van der Waals surface area contributed by atoms with Crippen LogP contribution in [0.4, 0.5) is 10.1 Å². The number of hydrogen-bond donors (Lipinski definition) is 1. The second-order valence-corrected chi connectivity index (χ2v) is 8.93. The van der Waals surface area contributed by atoms with Crippen molar-refractivity contribution in [2.75, 3.05) is 4.90 Å². The summed E-state index contributed by atoms with van der Waals surface area (Å²) < 4.78 is 21.2. The molecule has 180 valence electrons. The van der Waals surface area contributed by atoms with Gasteiger partial charge in [-0.2, -0.15) is 0 Å². The van der Waals surface area contributed by atoms with Crippen molar-refractivity contribution >= 4 is 40.4 Å². The van der Waals surface area contributed by atoms with E-state index in [-0.39, 0.29) is 40.3 Å². The van der Waals surface area contributed by atoms with E-state index in [0.717, 1.165) is 11.3 Å². The molecule has 5 heterocycles. The number of fused-ring (bicyclic) bond motifs is 1. The number of carbonyl (C=O) groups excluding carboxylic acids is 3. The minimum absolute atomic E-state index is 0.0347. The monoisotopic (exact) mass is 485 g/mol. The topological polar surface area (TPSA) is 105 Å². The number of pyridine rings is 1. The third kappa shape index (κ3) is 3.18. The Morgan fingerprint density at radius 1 is 1.17 bits per heavy atom. The molecule has 0 saturated heterocycles. The lowest BCUT2D eigenvalue weighted by Gasteiger charge is -2.23. The summed E-state index contributed by atoms with van der Waals surface area (Å²) in [4.78, 5) is 49.4. The molecule has 0 spiro atoms. The molecule has 3 aromatic rings. The summed E-state index contributed by atoms with van der Waals surface area (Å²) in [5.41, 5.74) is 2.88. The predicted molar refractivity (Wildman–Crippen MR) is 129 cm³/mol. The van der Waals surface area contributed by atoms with Gasteiger partial charge in [-0.1, -0.05) is 18.2 Å². The molecule has 0 radical (unpaired) electrons. The van der Waals surface area contributed by atoms with Crippen molar-refractivity contribution in [3.63, 3.8) is 0 Å². The summed E-state index contributed by atoms with van der Waals surface area (Å²) >= 11 is 0. The highest BCUT2D eigenvalue weighted by molar-refractivity contribution is 6.47. The zero-order valence-electron chi connectivity index (χ0n) is 19.4. The standard InChI is InChI=1S/C26H20FN5O4/c1-13(2)36-26(35)17-11-14-5-3-6-15-21(28-8-10-31(17)22(14)15)20-19(24(33)30-25(20)34)18-12-29-23-16(27)7-4-9-32(18)23/h3-10,12-13,17H,11H2,1-2H3,(H,30,33,34). The van der Waals surface area contributed by atoms with E-state index in [1.165, 1.54) is 28.9 Å². The molecular formula is C26H20FN5O4. The van der Waals surface area contributed by atoms with Gasteiger partial charge in [-0.15, -0.1) is 0 Å². The minimum Gasteiger partial charge on any atom is -0.461 e. The van der Waals surface area contributed by atoms with Crippen LogP contribution in [-0.2, 0) is 25.5 Å². The maximum absolute atomic E-state index is 14.3. The molecule has 0 bridgehead atoms. The average Bonchev–Trinajstić information content (AvgIpc) is 3.46. The van der Waals surface area contributed by atoms with Crippen LogP contribution in [0.3, 0.4) is 0 Å². The molecule has 1 N–H and O–H groups in total. The van der Waals surface area contributed by atoms with Crippen LogP contribution in [0.5, 0.6) is 0 Å². The molecule has 9 nitrogen and oxygen atoms in total. The van der Waals surface area contributed by atoms with Crippen molar-refractivity contribution in [2.24, 2.45) is 4.99 Å². The smallest absolute Gasteiger partial charge is 0.329 e. The van der Waals surface area contributed by atoms with Gasteiger partial charge < -0.3 is 9.64 Å². The van der Waals surface area contributed by atoms with E-state index in [2.05, 4.69) is 15.3 Å². The summed E-state index contributed by atoms with van der Waals surface area (Å²) in [7, 11) is 0. The van der Waals surface area contributed by atoms with E-state index >= 15 is 0 Å². The largest absolute Gasteiger partial charge is 0.461 e. The lowest BCUT2D eigenvalue weighted by Crippen LogP contribution is -2.37. The molecular weight excluding hydrogens is 465 g/mol. The van der Waals surface area contributed by atoms with Crippen LogP contribution in [0.2, 0.25) is 0 Å². The van der Waals surface area contributed by atoms with Gasteiger partial charge in [0.05, 0.1) is 40.5 Å². The van der Waals surface area contributed by atoms with Gasteiger partial charge in [0.15, 0.2) is 11.5 Å². The van der Waals surface area contributed by atoms with E-state index in [1.807, 2.05) is 12.1 Å². The third-order valence-corrected chi connectivity index (χ3v) is 6.35. The summed E-state index contributed by atoms with van der Waals surface area (Å²) in [6.45, 7) is 3.58. The Kier molecular flexibility index (Phi) is 4.85. The quantitative estimate of drug-likeness (QED) is 0.450. The van der Waals surface area contributed by atoms with Gasteiger partial charge in [0, 0.05) is 30.6 Å². The van der Waals surface area contributed by atoms with Gasteiger partial charge in [-0.3, -0.25) is 24.3 Å². The van der Waals surface area contributed by atoms with E-state index in [9.17, 15) is 18.8 Å². The summed E-state index contributed by atoms with van der Waals surface area (Å²) in [5.74, 6) is -2.16. The first kappa shape index (κ1) is 21.9. The Balaban J connectivity index is 1.53. The van der Waals surface area contributed by atoms with Crippen LogP contribution in [0, 0.1) is 5.82 Å². The Bertz CT molecular complexity index is 1580. The zero-order valence-corrected chi connectivity index (χ0v) is 19.4. The van der Waals surface area contributed by atoms with Crippen molar-refractivity contribution in [1.82, 2.24) is 14.7 Å². The maximum atomic E-state index is 14.3. The molecule has 0 aliphatic carbocycles. The highest BCUT2D eigenvalue weighted by Gasteiger charge is 2.41. The normalized spacial score (nSPS) is 18.6. The number of amides is 2. The Labute approximate surface area is 204 Å². The average molecular weight is 485 g/mol. The molecule has 36 heavy (non-hydrogen) atoms. The number of aromatic nitrogens is 2. The van der Waals surface area contributed by atoms with Crippen LogP contribution in [0.1, 0.15) is 30.7 Å². The lowest BCUT2D eigenvalue weighted by molar-refractivity contribution is -0.148. The molecule has 2 aromatic heterocycles. The number of aliphatic imine (C=N–C) groups is 1. The Morgan fingerprint density at radius 2 is 1.97 bits per heavy atom. The molecule has 2 amide bonds. The summed E-state index contributed by atoms with van der Waals surface area (Å²) in [5, 5.41) is 2.34. The fourth-order valence-electron chi connectivity index (χ4n) is 4.94. The van der Waals surface area contributed by atoms with Crippen LogP contribution in [-0.4, -0.2) is 45.0 Å². The first-order chi connectivity index (χ1) is 17.3. The van der Waals surface area contributed by atoms with Crippen molar-refractivity contribution in [1.29, 1.82) is 0 Å². The Morgan fingerprint density at radius 3 is 2.78 bits per heavy atom. The number of halogens is 1. The molecule has 3 aliphatic heterocycles. The molecule has 1 aromatic carbocycles. The van der Waals surface area contributed by atoms with Gasteiger partial charge in [-0.25, -0.2) is 14.2 Å². The molecule has 0 saturated carbocycles. The predicted octanol–water partition coefficient (Wildman–Crippen LogP) is 2.54. The molecule has 0 fully saturated rings. The van der Waals surface area contributed by atoms with Crippen molar-refractivity contribution in [2.45, 2.75) is 32.4 Å². The first-order valence-corrected chi connectivity index (χ1v) is 11.4. The highest BCUT2D eigenvalue weighted by Crippen LogP contribution is 2.40. The maximum Gasteiger partial charge on any atom is 0.329 e. The van der Waals surface area contributed by atoms with Crippen LogP contribution in [0.25, 0.3) is 11.2 Å². The fourth-order valence-corrected chi connectivity index (χ4v) is 4.94. The second-order valence-electron chi connectivity index (χ2n) is 8.93. The first-order valence-electron chi connectivity index (χ1n) is 11.4. The molecule has 1 unspecified atom stereocenters. The number of para-hydroxylation sites is 1. The minimum atomic E-state index is -0.625. The van der Waals surface area contributed by atoms with Crippen molar-refractivity contribution in [3.8, 4) is 0 Å². The number of imidazole rings is 1. The zero-order chi connectivity index (χ0) is 25.1. The summed E-state index contributed by atoms with van der Waals surface area (Å²) in [6.07, 6.45) is 6.26. The molecule has 10 heteroatoms. The van der Waals surface area contributed by atoms with E-state index < -0.39 is 23.7 Å².